The first-order valence-corrected chi connectivity index (χ1v) is 9.64. The third kappa shape index (κ3) is 11.5. The summed E-state index contributed by atoms with van der Waals surface area (Å²) >= 11 is 0. The molecule has 0 heterocycles. The van der Waals surface area contributed by atoms with Crippen LogP contribution in [0.5, 0.6) is 0 Å². The van der Waals surface area contributed by atoms with Gasteiger partial charge in [-0.3, -0.25) is 24.0 Å². The molecule has 13 nitrogen and oxygen atoms in total. The lowest BCUT2D eigenvalue weighted by atomic mass is 10.0. The smallest absolute Gasteiger partial charge is 0.326 e. The van der Waals surface area contributed by atoms with Gasteiger partial charge in [-0.2, -0.15) is 0 Å². The quantitative estimate of drug-likeness (QED) is 0.151. The lowest BCUT2D eigenvalue weighted by molar-refractivity contribution is -0.143. The molecule has 0 aromatic heterocycles. The molecule has 0 fully saturated rings. The van der Waals surface area contributed by atoms with Gasteiger partial charge in [0.25, 0.3) is 0 Å². The van der Waals surface area contributed by atoms with Crippen molar-refractivity contribution in [3.05, 3.63) is 0 Å². The second-order valence-corrected chi connectivity index (χ2v) is 7.54. The summed E-state index contributed by atoms with van der Waals surface area (Å²) in [4.78, 5) is 70.5. The summed E-state index contributed by atoms with van der Waals surface area (Å²) in [5, 5.41) is 25.0. The lowest BCUT2D eigenvalue weighted by Gasteiger charge is -2.24. The van der Waals surface area contributed by atoms with Crippen LogP contribution in [0.4, 0.5) is 0 Å². The van der Waals surface area contributed by atoms with E-state index in [0.29, 0.717) is 0 Å². The third-order valence-corrected chi connectivity index (χ3v) is 4.06. The van der Waals surface area contributed by atoms with Crippen molar-refractivity contribution in [3.8, 4) is 0 Å². The minimum atomic E-state index is -1.55. The molecule has 0 saturated carbocycles. The molecule has 0 saturated heterocycles. The number of carbonyl (C=O) groups excluding carboxylic acids is 4. The van der Waals surface area contributed by atoms with Crippen molar-refractivity contribution in [3.63, 3.8) is 0 Å². The fourth-order valence-electron chi connectivity index (χ4n) is 2.48. The molecule has 0 bridgehead atoms. The summed E-state index contributed by atoms with van der Waals surface area (Å²) in [6.45, 7) is 4.84. The highest BCUT2D eigenvalue weighted by Crippen LogP contribution is 2.07. The number of primary amides is 1. The molecule has 0 spiro atoms. The van der Waals surface area contributed by atoms with Crippen molar-refractivity contribution < 1.29 is 39.0 Å². The number of carboxylic acid groups (broad SMARTS) is 2. The van der Waals surface area contributed by atoms with Crippen LogP contribution in [0.3, 0.4) is 0 Å². The monoisotopic (exact) mass is 445 g/mol. The molecule has 4 atom stereocenters. The standard InChI is InChI=1S/C18H31N5O8/c1-8(2)6-12(18(30)31)23-16(28)10(4-5-13(20)24)21-17(29)11(7-14(25)26)22-15(27)9(3)19/h8-12H,4-7,19H2,1-3H3,(H2,20,24)(H,21,29)(H,22,27)(H,23,28)(H,25,26)(H,30,31). The number of carboxylic acids is 2. The number of amides is 4. The van der Waals surface area contributed by atoms with Gasteiger partial charge in [0, 0.05) is 6.42 Å². The second-order valence-electron chi connectivity index (χ2n) is 7.54. The molecule has 176 valence electrons. The van der Waals surface area contributed by atoms with Gasteiger partial charge >= 0.3 is 11.9 Å². The van der Waals surface area contributed by atoms with Crippen molar-refractivity contribution in [1.82, 2.24) is 16.0 Å². The number of aliphatic carboxylic acids is 2. The first-order valence-electron chi connectivity index (χ1n) is 9.64. The van der Waals surface area contributed by atoms with Crippen LogP contribution >= 0.6 is 0 Å². The number of nitrogens with one attached hydrogen (secondary N) is 3. The van der Waals surface area contributed by atoms with Crippen LogP contribution in [0, 0.1) is 5.92 Å². The average Bonchev–Trinajstić information content (AvgIpc) is 2.62. The Morgan fingerprint density at radius 3 is 1.71 bits per heavy atom. The fraction of sp³-hybridized carbons (Fsp3) is 0.667. The zero-order valence-corrected chi connectivity index (χ0v) is 17.7. The normalized spacial score (nSPS) is 14.6. The van der Waals surface area contributed by atoms with Crippen molar-refractivity contribution in [2.75, 3.05) is 0 Å². The molecule has 31 heavy (non-hydrogen) atoms. The Balaban J connectivity index is 5.52. The minimum absolute atomic E-state index is 0.0616. The van der Waals surface area contributed by atoms with Crippen LogP contribution in [-0.2, 0) is 28.8 Å². The van der Waals surface area contributed by atoms with E-state index in [-0.39, 0.29) is 25.2 Å². The van der Waals surface area contributed by atoms with Gasteiger partial charge in [-0.25, -0.2) is 4.79 Å². The van der Waals surface area contributed by atoms with E-state index in [4.69, 9.17) is 16.6 Å². The summed E-state index contributed by atoms with van der Waals surface area (Å²) in [5.41, 5.74) is 10.5. The number of hydrogen-bond acceptors (Lipinski definition) is 7. The van der Waals surface area contributed by atoms with Gasteiger partial charge in [0.05, 0.1) is 12.5 Å². The molecule has 0 aromatic carbocycles. The van der Waals surface area contributed by atoms with Gasteiger partial charge < -0.3 is 37.6 Å². The maximum Gasteiger partial charge on any atom is 0.326 e. The van der Waals surface area contributed by atoms with Crippen molar-refractivity contribution >= 4 is 35.6 Å². The van der Waals surface area contributed by atoms with Gasteiger partial charge in [0.1, 0.15) is 18.1 Å². The van der Waals surface area contributed by atoms with Gasteiger partial charge in [-0.1, -0.05) is 13.8 Å². The molecule has 9 N–H and O–H groups in total. The predicted molar refractivity (Wildman–Crippen MR) is 107 cm³/mol. The predicted octanol–water partition coefficient (Wildman–Crippen LogP) is -2.34. The van der Waals surface area contributed by atoms with Gasteiger partial charge in [-0.05, 0) is 25.7 Å². The maximum atomic E-state index is 12.6. The Labute approximate surface area is 179 Å². The Bertz CT molecular complexity index is 694. The summed E-state index contributed by atoms with van der Waals surface area (Å²) in [5.74, 6) is -6.21. The van der Waals surface area contributed by atoms with E-state index < -0.39 is 66.2 Å². The van der Waals surface area contributed by atoms with Crippen molar-refractivity contribution in [1.29, 1.82) is 0 Å². The van der Waals surface area contributed by atoms with E-state index >= 15 is 0 Å². The molecule has 0 aromatic rings. The Kier molecular flexibility index (Phi) is 11.8. The molecule has 13 heteroatoms. The highest BCUT2D eigenvalue weighted by atomic mass is 16.4. The van der Waals surface area contributed by atoms with Gasteiger partial charge in [0.15, 0.2) is 0 Å². The number of nitrogens with two attached hydrogens (primary N) is 2. The maximum absolute atomic E-state index is 12.6. The first-order chi connectivity index (χ1) is 14.2. The van der Waals surface area contributed by atoms with Crippen molar-refractivity contribution in [2.24, 2.45) is 17.4 Å². The molecular weight excluding hydrogens is 414 g/mol. The number of hydrogen-bond donors (Lipinski definition) is 7. The minimum Gasteiger partial charge on any atom is -0.481 e. The van der Waals surface area contributed by atoms with Gasteiger partial charge in [0.2, 0.25) is 23.6 Å². The lowest BCUT2D eigenvalue weighted by Crippen LogP contribution is -2.57. The summed E-state index contributed by atoms with van der Waals surface area (Å²) in [6, 6.07) is -5.21. The van der Waals surface area contributed by atoms with Crippen LogP contribution in [0.25, 0.3) is 0 Å². The molecule has 0 aliphatic carbocycles. The summed E-state index contributed by atoms with van der Waals surface area (Å²) in [7, 11) is 0. The molecule has 0 aliphatic rings. The summed E-state index contributed by atoms with van der Waals surface area (Å²) < 4.78 is 0. The Morgan fingerprint density at radius 1 is 0.806 bits per heavy atom. The zero-order valence-electron chi connectivity index (χ0n) is 17.7. The third-order valence-electron chi connectivity index (χ3n) is 4.06. The highest BCUT2D eigenvalue weighted by Gasteiger charge is 2.31. The van der Waals surface area contributed by atoms with Crippen molar-refractivity contribution in [2.45, 2.75) is 70.6 Å². The van der Waals surface area contributed by atoms with E-state index in [1.165, 1.54) is 6.92 Å². The van der Waals surface area contributed by atoms with E-state index in [2.05, 4.69) is 16.0 Å². The van der Waals surface area contributed by atoms with Crippen LogP contribution < -0.4 is 27.4 Å². The Morgan fingerprint density at radius 2 is 1.29 bits per heavy atom. The summed E-state index contributed by atoms with van der Waals surface area (Å²) in [6.07, 6.45) is -1.25. The first kappa shape index (κ1) is 27.8. The zero-order chi connectivity index (χ0) is 24.3. The molecule has 0 rings (SSSR count). The fourth-order valence-corrected chi connectivity index (χ4v) is 2.48. The SMILES string of the molecule is CC(C)CC(NC(=O)C(CCC(N)=O)NC(=O)C(CC(=O)O)NC(=O)C(C)N)C(=O)O. The number of carbonyl (C=O) groups is 6. The second kappa shape index (κ2) is 13.2. The molecule has 4 unspecified atom stereocenters. The van der Waals surface area contributed by atoms with Crippen LogP contribution in [0.15, 0.2) is 0 Å². The van der Waals surface area contributed by atoms with Gasteiger partial charge in [-0.15, -0.1) is 0 Å². The van der Waals surface area contributed by atoms with E-state index in [1.807, 2.05) is 0 Å². The molecular formula is C18H31N5O8. The van der Waals surface area contributed by atoms with E-state index in [0.717, 1.165) is 0 Å². The molecule has 0 radical (unpaired) electrons. The molecule has 4 amide bonds. The average molecular weight is 445 g/mol. The highest BCUT2D eigenvalue weighted by molar-refractivity contribution is 5.95. The molecule has 0 aliphatic heterocycles. The Hall–Kier alpha value is -3.22. The van der Waals surface area contributed by atoms with Crippen LogP contribution in [0.1, 0.15) is 46.5 Å². The van der Waals surface area contributed by atoms with E-state index in [9.17, 15) is 33.9 Å². The topological polar surface area (TPSA) is 231 Å². The largest absolute Gasteiger partial charge is 0.481 e. The van der Waals surface area contributed by atoms with Crippen LogP contribution in [0.2, 0.25) is 0 Å². The number of rotatable bonds is 14. The van der Waals surface area contributed by atoms with E-state index in [1.54, 1.807) is 13.8 Å². The van der Waals surface area contributed by atoms with Crippen LogP contribution in [-0.4, -0.2) is 69.9 Å².